The Morgan fingerprint density at radius 3 is 2.67 bits per heavy atom. The quantitative estimate of drug-likeness (QED) is 0.742. The zero-order valence-corrected chi connectivity index (χ0v) is 8.41. The zero-order chi connectivity index (χ0) is 11.1. The molecule has 0 saturated carbocycles. The average Bonchev–Trinajstić information content (AvgIpc) is 2.61. The van der Waals surface area contributed by atoms with Gasteiger partial charge in [0.05, 0.1) is 0 Å². The minimum Gasteiger partial charge on any atom is -0.361 e. The molecule has 0 amide bonds. The molecule has 2 aromatic rings. The Hall–Kier alpha value is -1.66. The number of hydrogen-bond donors (Lipinski definition) is 2. The van der Waals surface area contributed by atoms with Gasteiger partial charge in [-0.15, -0.1) is 0 Å². The van der Waals surface area contributed by atoms with Crippen LogP contribution in [0.2, 0.25) is 0 Å². The Morgan fingerprint density at radius 1 is 1.27 bits per heavy atom. The summed E-state index contributed by atoms with van der Waals surface area (Å²) in [5, 5.41) is 4.58. The van der Waals surface area contributed by atoms with Gasteiger partial charge in [-0.1, -0.05) is 6.07 Å². The summed E-state index contributed by atoms with van der Waals surface area (Å²) in [4.78, 5) is 14.2. The van der Waals surface area contributed by atoms with Crippen LogP contribution in [-0.2, 0) is 10.0 Å². The number of hydrogen-bond acceptors (Lipinski definition) is 3. The van der Waals surface area contributed by atoms with Crippen LogP contribution in [0.5, 0.6) is 0 Å². The number of aromatic nitrogens is 1. The molecule has 0 atom stereocenters. The Bertz CT molecular complexity index is 628. The van der Waals surface area contributed by atoms with E-state index in [9.17, 15) is 13.2 Å². The van der Waals surface area contributed by atoms with Crippen molar-refractivity contribution >= 4 is 26.0 Å². The fourth-order valence-corrected chi connectivity index (χ4v) is 1.79. The van der Waals surface area contributed by atoms with Crippen molar-refractivity contribution < 1.29 is 13.2 Å². The molecule has 0 aliphatic carbocycles. The van der Waals surface area contributed by atoms with E-state index >= 15 is 0 Å². The molecule has 1 heterocycles. The topological polar surface area (TPSA) is 93.0 Å². The molecule has 3 N–H and O–H groups in total. The lowest BCUT2D eigenvalue weighted by atomic mass is 10.2. The second-order valence-corrected chi connectivity index (χ2v) is 4.57. The van der Waals surface area contributed by atoms with Crippen molar-refractivity contribution in [1.29, 1.82) is 0 Å². The predicted octanol–water partition coefficient (Wildman–Crippen LogP) is 0.597. The van der Waals surface area contributed by atoms with E-state index < -0.39 is 15.1 Å². The van der Waals surface area contributed by atoms with Crippen LogP contribution in [0, 0.1) is 0 Å². The van der Waals surface area contributed by atoms with Gasteiger partial charge in [0, 0.05) is 17.3 Å². The molecule has 0 aliphatic rings. The number of rotatable bonds is 1. The van der Waals surface area contributed by atoms with Gasteiger partial charge in [0.2, 0.25) is 0 Å². The highest BCUT2D eigenvalue weighted by atomic mass is 32.2. The molecular formula is C9H8N2O3S. The van der Waals surface area contributed by atoms with Gasteiger partial charge in [-0.25, -0.2) is 13.6 Å². The van der Waals surface area contributed by atoms with Gasteiger partial charge in [0.15, 0.2) is 0 Å². The number of sulfonamides is 1. The predicted molar refractivity (Wildman–Crippen MR) is 55.7 cm³/mol. The maximum atomic E-state index is 11.3. The van der Waals surface area contributed by atoms with Crippen LogP contribution in [0.15, 0.2) is 30.5 Å². The van der Waals surface area contributed by atoms with Crippen molar-refractivity contribution in [2.24, 2.45) is 5.14 Å². The number of carbonyl (C=O) groups is 1. The van der Waals surface area contributed by atoms with E-state index in [4.69, 9.17) is 5.14 Å². The van der Waals surface area contributed by atoms with E-state index in [2.05, 4.69) is 4.98 Å². The third kappa shape index (κ3) is 1.77. The average molecular weight is 224 g/mol. The van der Waals surface area contributed by atoms with Crippen molar-refractivity contribution in [3.63, 3.8) is 0 Å². The summed E-state index contributed by atoms with van der Waals surface area (Å²) >= 11 is 0. The zero-order valence-electron chi connectivity index (χ0n) is 7.60. The number of benzene rings is 1. The van der Waals surface area contributed by atoms with Crippen molar-refractivity contribution in [2.45, 2.75) is 0 Å². The Balaban J connectivity index is 2.58. The normalized spacial score (nSPS) is 11.8. The second-order valence-electron chi connectivity index (χ2n) is 3.11. The SMILES string of the molecule is NS(=O)(=O)C(=O)c1ccc2cc[nH]c2c1. The number of H-pyrrole nitrogens is 1. The molecular weight excluding hydrogens is 216 g/mol. The van der Waals surface area contributed by atoms with Crippen molar-refractivity contribution in [2.75, 3.05) is 0 Å². The molecule has 78 valence electrons. The van der Waals surface area contributed by atoms with E-state index in [1.165, 1.54) is 12.1 Å². The van der Waals surface area contributed by atoms with Crippen LogP contribution in [0.4, 0.5) is 0 Å². The molecule has 0 saturated heterocycles. The van der Waals surface area contributed by atoms with Gasteiger partial charge in [0.1, 0.15) is 0 Å². The maximum absolute atomic E-state index is 11.3. The van der Waals surface area contributed by atoms with E-state index in [0.29, 0.717) is 5.52 Å². The monoisotopic (exact) mass is 224 g/mol. The Labute approximate surface area is 85.9 Å². The first-order chi connectivity index (χ1) is 6.98. The minimum absolute atomic E-state index is 0.0625. The van der Waals surface area contributed by atoms with Crippen molar-refractivity contribution in [3.8, 4) is 0 Å². The summed E-state index contributed by atoms with van der Waals surface area (Å²) in [5.41, 5.74) is 0.761. The largest absolute Gasteiger partial charge is 0.361 e. The Morgan fingerprint density at radius 2 is 2.00 bits per heavy atom. The number of nitrogens with one attached hydrogen (secondary N) is 1. The first-order valence-corrected chi connectivity index (χ1v) is 5.67. The van der Waals surface area contributed by atoms with Crippen LogP contribution in [0.1, 0.15) is 10.4 Å². The molecule has 0 aliphatic heterocycles. The molecule has 1 aromatic heterocycles. The molecule has 0 radical (unpaired) electrons. The second kappa shape index (κ2) is 3.18. The maximum Gasteiger partial charge on any atom is 0.291 e. The molecule has 0 bridgehead atoms. The van der Waals surface area contributed by atoms with Gasteiger partial charge in [-0.05, 0) is 23.6 Å². The van der Waals surface area contributed by atoms with Gasteiger partial charge < -0.3 is 4.98 Å². The smallest absolute Gasteiger partial charge is 0.291 e. The van der Waals surface area contributed by atoms with E-state index in [1.807, 2.05) is 6.07 Å². The van der Waals surface area contributed by atoms with E-state index in [0.717, 1.165) is 5.39 Å². The first-order valence-electron chi connectivity index (χ1n) is 4.13. The molecule has 2 rings (SSSR count). The van der Waals surface area contributed by atoms with Gasteiger partial charge in [-0.3, -0.25) is 4.79 Å². The van der Waals surface area contributed by atoms with Crippen molar-refractivity contribution in [3.05, 3.63) is 36.0 Å². The molecule has 5 nitrogen and oxygen atoms in total. The van der Waals surface area contributed by atoms with Crippen molar-refractivity contribution in [1.82, 2.24) is 4.98 Å². The summed E-state index contributed by atoms with van der Waals surface area (Å²) in [6.07, 6.45) is 1.70. The summed E-state index contributed by atoms with van der Waals surface area (Å²) in [6.45, 7) is 0. The summed E-state index contributed by atoms with van der Waals surface area (Å²) < 4.78 is 21.6. The van der Waals surface area contributed by atoms with Crippen LogP contribution in [-0.4, -0.2) is 18.5 Å². The van der Waals surface area contributed by atoms with Gasteiger partial charge in [-0.2, -0.15) is 0 Å². The standard InChI is InChI=1S/C9H8N2O3S/c10-15(13,14)9(12)7-2-1-6-3-4-11-8(6)5-7/h1-5,11H,(H2,10,13,14). The number of aromatic amines is 1. The van der Waals surface area contributed by atoms with Crippen LogP contribution in [0.25, 0.3) is 10.9 Å². The number of nitrogens with two attached hydrogens (primary N) is 1. The lowest BCUT2D eigenvalue weighted by Crippen LogP contribution is -2.23. The lowest BCUT2D eigenvalue weighted by Gasteiger charge is -1.98. The lowest BCUT2D eigenvalue weighted by molar-refractivity contribution is 0.107. The molecule has 0 unspecified atom stereocenters. The highest BCUT2D eigenvalue weighted by Crippen LogP contribution is 2.15. The highest BCUT2D eigenvalue weighted by molar-refractivity contribution is 8.04. The third-order valence-corrected chi connectivity index (χ3v) is 2.80. The molecule has 15 heavy (non-hydrogen) atoms. The fourth-order valence-electron chi connectivity index (χ4n) is 1.34. The first kappa shape index (κ1) is 9.88. The van der Waals surface area contributed by atoms with Crippen LogP contribution >= 0.6 is 0 Å². The van der Waals surface area contributed by atoms with Gasteiger partial charge >= 0.3 is 0 Å². The molecule has 1 aromatic carbocycles. The minimum atomic E-state index is -4.16. The van der Waals surface area contributed by atoms with Crippen LogP contribution < -0.4 is 5.14 Å². The highest BCUT2D eigenvalue weighted by Gasteiger charge is 2.18. The van der Waals surface area contributed by atoms with E-state index in [1.54, 1.807) is 12.3 Å². The summed E-state index contributed by atoms with van der Waals surface area (Å²) in [5.74, 6) is 0. The summed E-state index contributed by atoms with van der Waals surface area (Å²) in [6, 6.07) is 6.37. The third-order valence-electron chi connectivity index (χ3n) is 2.05. The summed E-state index contributed by atoms with van der Waals surface area (Å²) in [7, 11) is -4.16. The molecule has 6 heteroatoms. The number of fused-ring (bicyclic) bond motifs is 1. The van der Waals surface area contributed by atoms with Gasteiger partial charge in [0.25, 0.3) is 15.1 Å². The molecule has 0 spiro atoms. The van der Waals surface area contributed by atoms with Crippen LogP contribution in [0.3, 0.4) is 0 Å². The Kier molecular flexibility index (Phi) is 2.09. The number of primary sulfonamides is 1. The van der Waals surface area contributed by atoms with E-state index in [-0.39, 0.29) is 5.56 Å². The fraction of sp³-hybridized carbons (Fsp3) is 0. The molecule has 0 fully saturated rings. The number of carbonyl (C=O) groups excluding carboxylic acids is 1.